The number of benzene rings is 3. The second kappa shape index (κ2) is 24.7. The number of terminal acetylenes is 1. The molecular weight excluding hydrogens is 973 g/mol. The fraction of sp³-hybridized carbons (Fsp3) is 0.448. The van der Waals surface area contributed by atoms with E-state index in [9.17, 15) is 19.2 Å². The zero-order valence-electron chi connectivity index (χ0n) is 43.4. The van der Waals surface area contributed by atoms with Gasteiger partial charge in [0.1, 0.15) is 42.3 Å². The maximum Gasteiger partial charge on any atom is 0.319 e. The molecule has 76 heavy (non-hydrogen) atoms. The molecule has 18 heteroatoms. The van der Waals surface area contributed by atoms with Crippen molar-refractivity contribution in [2.45, 2.75) is 120 Å². The molecule has 0 radical (unpaired) electrons. The molecule has 4 amide bonds. The van der Waals surface area contributed by atoms with Crippen LogP contribution in [0.4, 0.5) is 14.6 Å². The van der Waals surface area contributed by atoms with Gasteiger partial charge in [-0.25, -0.2) is 8.78 Å². The zero-order chi connectivity index (χ0) is 54.1. The molecule has 400 valence electrons. The number of aryl methyl sites for hydroxylation is 1. The Morgan fingerprint density at radius 3 is 2.49 bits per heavy atom. The minimum Gasteiger partial charge on any atom is -0.461 e. The largest absolute Gasteiger partial charge is 0.461 e. The number of anilines is 1. The average Bonchev–Trinajstić information content (AvgIpc) is 4.16. The molecule has 0 aliphatic carbocycles. The van der Waals surface area contributed by atoms with Gasteiger partial charge in [0.05, 0.1) is 34.2 Å². The maximum absolute atomic E-state index is 17.2. The predicted octanol–water partition coefficient (Wildman–Crippen LogP) is 7.22. The number of ether oxygens (including phenoxy) is 2. The van der Waals surface area contributed by atoms with E-state index in [1.165, 1.54) is 13.1 Å². The second-order valence-electron chi connectivity index (χ2n) is 20.1. The van der Waals surface area contributed by atoms with E-state index in [0.717, 1.165) is 86.8 Å². The van der Waals surface area contributed by atoms with Crippen molar-refractivity contribution in [3.63, 3.8) is 0 Å². The Bertz CT molecular complexity index is 3030. The van der Waals surface area contributed by atoms with Crippen LogP contribution in [0.1, 0.15) is 116 Å². The van der Waals surface area contributed by atoms with E-state index in [0.29, 0.717) is 96.5 Å². The first-order valence-electron chi connectivity index (χ1n) is 26.3. The van der Waals surface area contributed by atoms with E-state index in [4.69, 9.17) is 30.7 Å². The number of amides is 4. The lowest BCUT2D eigenvalue weighted by Gasteiger charge is -2.35. The molecule has 5 aliphatic heterocycles. The van der Waals surface area contributed by atoms with Gasteiger partial charge in [0, 0.05) is 61.5 Å². The summed E-state index contributed by atoms with van der Waals surface area (Å²) in [5, 5.41) is 7.34. The fourth-order valence-corrected chi connectivity index (χ4v) is 12.1. The van der Waals surface area contributed by atoms with Crippen LogP contribution in [0, 0.1) is 24.0 Å². The molecule has 7 heterocycles. The number of fused-ring (bicyclic) bond motifs is 6. The smallest absolute Gasteiger partial charge is 0.319 e. The van der Waals surface area contributed by atoms with E-state index >= 15 is 8.78 Å². The van der Waals surface area contributed by atoms with Crippen molar-refractivity contribution in [1.82, 2.24) is 35.4 Å². The predicted molar refractivity (Wildman–Crippen MR) is 287 cm³/mol. The summed E-state index contributed by atoms with van der Waals surface area (Å²) in [4.78, 5) is 78.6. The molecule has 5 aromatic rings. The number of hydrogen-bond donors (Lipinski definition) is 3. The second-order valence-corrected chi connectivity index (χ2v) is 20.1. The number of aromatic nitrogens is 3. The normalized spacial score (nSPS) is 20.9. The summed E-state index contributed by atoms with van der Waals surface area (Å²) in [6.07, 6.45) is 18.5. The number of halogens is 2. The van der Waals surface area contributed by atoms with Crippen LogP contribution in [0.2, 0.25) is 0 Å². The van der Waals surface area contributed by atoms with Crippen LogP contribution < -0.4 is 26.0 Å². The Morgan fingerprint density at radius 2 is 1.74 bits per heavy atom. The molecular formula is C58H67F2N9O7. The van der Waals surface area contributed by atoms with Crippen LogP contribution in [-0.2, 0) is 25.5 Å². The van der Waals surface area contributed by atoms with Gasteiger partial charge < -0.3 is 30.2 Å². The summed E-state index contributed by atoms with van der Waals surface area (Å²) in [5.41, 5.74) is 7.24. The van der Waals surface area contributed by atoms with Gasteiger partial charge in [0.25, 0.3) is 11.8 Å². The summed E-state index contributed by atoms with van der Waals surface area (Å²) < 4.78 is 45.1. The molecule has 10 rings (SSSR count). The van der Waals surface area contributed by atoms with Crippen molar-refractivity contribution >= 4 is 58.4 Å². The summed E-state index contributed by atoms with van der Waals surface area (Å²) in [6, 6.07) is 13.3. The zero-order valence-corrected chi connectivity index (χ0v) is 43.4. The topological polar surface area (TPSA) is 202 Å². The number of nitrogens with two attached hydrogens (primary N) is 1. The van der Waals surface area contributed by atoms with Gasteiger partial charge in [-0.2, -0.15) is 9.97 Å². The van der Waals surface area contributed by atoms with Crippen LogP contribution in [0.25, 0.3) is 32.9 Å². The lowest BCUT2D eigenvalue weighted by molar-refractivity contribution is -0.128. The van der Waals surface area contributed by atoms with E-state index in [-0.39, 0.29) is 47.2 Å². The fourth-order valence-electron chi connectivity index (χ4n) is 12.1. The summed E-state index contributed by atoms with van der Waals surface area (Å²) in [6.45, 7) is 11.9. The molecule has 5 atom stereocenters. The first-order valence-corrected chi connectivity index (χ1v) is 26.3. The van der Waals surface area contributed by atoms with Crippen molar-refractivity contribution in [3.05, 3.63) is 101 Å². The molecule has 5 unspecified atom stereocenters. The molecule has 5 aliphatic rings. The number of nitrogens with zero attached hydrogens (tertiary/aromatic N) is 6. The van der Waals surface area contributed by atoms with Crippen molar-refractivity contribution in [1.29, 1.82) is 0 Å². The van der Waals surface area contributed by atoms with Crippen molar-refractivity contribution in [3.8, 4) is 29.6 Å². The van der Waals surface area contributed by atoms with Crippen LogP contribution >= 0.6 is 0 Å². The molecule has 16 nitrogen and oxygen atoms in total. The van der Waals surface area contributed by atoms with Gasteiger partial charge in [0.2, 0.25) is 12.3 Å². The third kappa shape index (κ3) is 11.0. The van der Waals surface area contributed by atoms with Crippen molar-refractivity contribution in [2.24, 2.45) is 5.73 Å². The lowest BCUT2D eigenvalue weighted by atomic mass is 9.94. The number of rotatable bonds is 20. The lowest BCUT2D eigenvalue weighted by Crippen LogP contribution is -2.51. The number of imide groups is 2. The highest BCUT2D eigenvalue weighted by Crippen LogP contribution is 2.45. The van der Waals surface area contributed by atoms with Crippen LogP contribution in [0.5, 0.6) is 6.01 Å². The van der Waals surface area contributed by atoms with E-state index in [1.807, 2.05) is 25.8 Å². The third-order valence-electron chi connectivity index (χ3n) is 15.4. The first-order chi connectivity index (χ1) is 37.0. The molecule has 4 saturated heterocycles. The number of hydrogen-bond acceptors (Lipinski definition) is 14. The number of unbranched alkanes of at least 4 members (excludes halogenated alkanes) is 4. The SMILES string of the molecule is C#Cc1c(F)ccc2cccc(-c3ncc4c(N5CC6CCC(C5)N6)nc(OCC56CCC(COCCCCCCCc7cccc8c7C(=O)N(C(CCC)C(=O)NC=O)C8=O)N5CC(=C)C6)nc4c3F)c12.C=O.CN. The minimum atomic E-state index is -1.04. The molecule has 2 bridgehead atoms. The Hall–Kier alpha value is -7.04. The Morgan fingerprint density at radius 1 is 1.00 bits per heavy atom. The molecule has 0 saturated carbocycles. The van der Waals surface area contributed by atoms with Gasteiger partial charge in [-0.15, -0.1) is 6.42 Å². The quantitative estimate of drug-likeness (QED) is 0.0232. The van der Waals surface area contributed by atoms with Gasteiger partial charge >= 0.3 is 6.01 Å². The highest BCUT2D eigenvalue weighted by molar-refractivity contribution is 6.23. The highest BCUT2D eigenvalue weighted by atomic mass is 19.1. The first kappa shape index (κ1) is 55.2. The van der Waals surface area contributed by atoms with Gasteiger partial charge in [-0.05, 0) is 87.9 Å². The third-order valence-corrected chi connectivity index (χ3v) is 15.4. The number of carbonyl (C=O) groups is 5. The van der Waals surface area contributed by atoms with E-state index < -0.39 is 35.4 Å². The van der Waals surface area contributed by atoms with Gasteiger partial charge in [0.15, 0.2) is 5.82 Å². The van der Waals surface area contributed by atoms with Crippen molar-refractivity contribution < 1.29 is 42.2 Å². The standard InChI is InChI=1S/C56H60F2N8O6.CH5N.CH2O/c1-4-13-45(52(68)60-33-67)66-53(69)42-18-12-15-35(47(42)54(66)70)14-9-7-6-8-10-25-71-31-39-23-24-56(26-34(3)28-65(39)56)32-72-55-62-50-43(51(63-55)64-29-37-20-21-38(30-64)61-37)27-59-49(48(50)58)41-17-11-16-36-19-22-44(57)40(5-2)46(36)41;2*1-2/h2,11-12,15-19,22,27,33,37-39,45,61H,3-4,6-10,13-14,20-21,23-26,28-32H2,1H3,(H,60,67,68);2H2,1H3;1H2. The Kier molecular flexibility index (Phi) is 18.0. The van der Waals surface area contributed by atoms with Crippen LogP contribution in [0.3, 0.4) is 0 Å². The van der Waals surface area contributed by atoms with Crippen molar-refractivity contribution in [2.75, 3.05) is 51.4 Å². The molecule has 4 fully saturated rings. The molecule has 3 aromatic carbocycles. The average molecular weight is 1040 g/mol. The van der Waals surface area contributed by atoms with E-state index in [2.05, 4.69) is 43.7 Å². The maximum atomic E-state index is 17.2. The highest BCUT2D eigenvalue weighted by Gasteiger charge is 2.51. The molecule has 4 N–H and O–H groups in total. The number of piperazine rings is 1. The van der Waals surface area contributed by atoms with Gasteiger partial charge in [-0.3, -0.25) is 39.3 Å². The molecule has 0 spiro atoms. The number of nitrogens with one attached hydrogen (secondary N) is 2. The van der Waals surface area contributed by atoms with Crippen LogP contribution in [-0.4, -0.2) is 132 Å². The number of carbonyl (C=O) groups excluding carboxylic acids is 5. The van der Waals surface area contributed by atoms with E-state index in [1.54, 1.807) is 36.5 Å². The summed E-state index contributed by atoms with van der Waals surface area (Å²) >= 11 is 0. The Labute approximate surface area is 442 Å². The summed E-state index contributed by atoms with van der Waals surface area (Å²) in [5.74, 6) is 0.161. The number of pyridine rings is 1. The monoisotopic (exact) mass is 1040 g/mol. The summed E-state index contributed by atoms with van der Waals surface area (Å²) in [7, 11) is 1.50. The molecule has 2 aromatic heterocycles. The van der Waals surface area contributed by atoms with Gasteiger partial charge in [-0.1, -0.05) is 87.1 Å². The minimum absolute atomic E-state index is 0.0164. The Balaban J connectivity index is 0.00000187. The van der Waals surface area contributed by atoms with Crippen LogP contribution in [0.15, 0.2) is 66.9 Å².